The number of hydrogen-bond donors (Lipinski definition) is 2. The number of anilines is 1. The fraction of sp³-hybridized carbons (Fsp3) is 0.375. The van der Waals surface area contributed by atoms with Gasteiger partial charge >= 0.3 is 0 Å². The SMILES string of the molecule is Cc1nc(C#N)cc(NCCO)n1. The molecule has 0 spiro atoms. The van der Waals surface area contributed by atoms with Crippen LogP contribution in [0.25, 0.3) is 0 Å². The number of aryl methyl sites for hydroxylation is 1. The van der Waals surface area contributed by atoms with E-state index in [4.69, 9.17) is 10.4 Å². The van der Waals surface area contributed by atoms with E-state index in [1.165, 1.54) is 0 Å². The van der Waals surface area contributed by atoms with Crippen LogP contribution in [0.3, 0.4) is 0 Å². The molecule has 68 valence electrons. The van der Waals surface area contributed by atoms with Gasteiger partial charge in [0.05, 0.1) is 6.61 Å². The molecule has 0 unspecified atom stereocenters. The molecule has 2 N–H and O–H groups in total. The quantitative estimate of drug-likeness (QED) is 0.684. The third-order valence-electron chi connectivity index (χ3n) is 1.37. The highest BCUT2D eigenvalue weighted by molar-refractivity contribution is 5.39. The number of nitriles is 1. The molecule has 0 atom stereocenters. The topological polar surface area (TPSA) is 81.8 Å². The first-order chi connectivity index (χ1) is 6.26. The largest absolute Gasteiger partial charge is 0.395 e. The second-order valence-electron chi connectivity index (χ2n) is 2.45. The average Bonchev–Trinajstić information content (AvgIpc) is 2.14. The van der Waals surface area contributed by atoms with Gasteiger partial charge in [-0.3, -0.25) is 0 Å². The summed E-state index contributed by atoms with van der Waals surface area (Å²) in [5.41, 5.74) is 0.327. The molecule has 1 aromatic heterocycles. The van der Waals surface area contributed by atoms with Crippen molar-refractivity contribution in [2.24, 2.45) is 0 Å². The normalized spacial score (nSPS) is 9.31. The Balaban J connectivity index is 2.83. The zero-order chi connectivity index (χ0) is 9.68. The zero-order valence-electron chi connectivity index (χ0n) is 7.28. The molecule has 1 rings (SSSR count). The molecule has 5 heteroatoms. The van der Waals surface area contributed by atoms with Gasteiger partial charge in [0.15, 0.2) is 0 Å². The molecule has 0 aliphatic heterocycles. The van der Waals surface area contributed by atoms with Crippen molar-refractivity contribution in [2.45, 2.75) is 6.92 Å². The first kappa shape index (κ1) is 9.42. The lowest BCUT2D eigenvalue weighted by molar-refractivity contribution is 0.311. The van der Waals surface area contributed by atoms with Gasteiger partial charge in [0.2, 0.25) is 0 Å². The van der Waals surface area contributed by atoms with Crippen LogP contribution >= 0.6 is 0 Å². The van der Waals surface area contributed by atoms with Crippen LogP contribution in [0.5, 0.6) is 0 Å². The minimum atomic E-state index is 0.0327. The standard InChI is InChI=1S/C8H10N4O/c1-6-11-7(5-9)4-8(12-6)10-2-3-13/h4,13H,2-3H2,1H3,(H,10,11,12). The van der Waals surface area contributed by atoms with Gasteiger partial charge in [0.25, 0.3) is 0 Å². The molecular formula is C8H10N4O. The lowest BCUT2D eigenvalue weighted by Gasteiger charge is -2.03. The highest BCUT2D eigenvalue weighted by Gasteiger charge is 1.99. The first-order valence-electron chi connectivity index (χ1n) is 3.87. The Morgan fingerprint density at radius 2 is 2.38 bits per heavy atom. The Morgan fingerprint density at radius 3 is 3.00 bits per heavy atom. The van der Waals surface area contributed by atoms with Gasteiger partial charge in [0.1, 0.15) is 23.4 Å². The Labute approximate surface area is 76.1 Å². The maximum absolute atomic E-state index is 8.59. The summed E-state index contributed by atoms with van der Waals surface area (Å²) in [7, 11) is 0. The van der Waals surface area contributed by atoms with Crippen molar-refractivity contribution in [2.75, 3.05) is 18.5 Å². The molecule has 0 aromatic carbocycles. The minimum absolute atomic E-state index is 0.0327. The fourth-order valence-electron chi connectivity index (χ4n) is 0.899. The molecule has 0 amide bonds. The van der Waals surface area contributed by atoms with E-state index in [0.29, 0.717) is 23.9 Å². The lowest BCUT2D eigenvalue weighted by atomic mass is 10.4. The van der Waals surface area contributed by atoms with Crippen molar-refractivity contribution in [3.63, 3.8) is 0 Å². The molecule has 0 bridgehead atoms. The van der Waals surface area contributed by atoms with Gasteiger partial charge < -0.3 is 10.4 Å². The van der Waals surface area contributed by atoms with Crippen LogP contribution in [0, 0.1) is 18.3 Å². The van der Waals surface area contributed by atoms with Gasteiger partial charge in [0, 0.05) is 12.6 Å². The summed E-state index contributed by atoms with van der Waals surface area (Å²) in [5, 5.41) is 20.0. The van der Waals surface area contributed by atoms with E-state index >= 15 is 0 Å². The Kier molecular flexibility index (Phi) is 3.17. The van der Waals surface area contributed by atoms with Gasteiger partial charge in [-0.25, -0.2) is 9.97 Å². The Morgan fingerprint density at radius 1 is 1.62 bits per heavy atom. The number of nitrogens with zero attached hydrogens (tertiary/aromatic N) is 3. The molecule has 0 aliphatic rings. The van der Waals surface area contributed by atoms with E-state index in [9.17, 15) is 0 Å². The summed E-state index contributed by atoms with van der Waals surface area (Å²) in [5.74, 6) is 1.11. The second kappa shape index (κ2) is 4.38. The van der Waals surface area contributed by atoms with Crippen molar-refractivity contribution in [3.05, 3.63) is 17.6 Å². The van der Waals surface area contributed by atoms with Crippen LogP contribution in [-0.4, -0.2) is 28.2 Å². The Bertz CT molecular complexity index is 331. The van der Waals surface area contributed by atoms with Crippen molar-refractivity contribution in [1.82, 2.24) is 9.97 Å². The van der Waals surface area contributed by atoms with Crippen molar-refractivity contribution in [1.29, 1.82) is 5.26 Å². The number of aliphatic hydroxyl groups is 1. The van der Waals surface area contributed by atoms with Crippen LogP contribution < -0.4 is 5.32 Å². The van der Waals surface area contributed by atoms with Crippen molar-refractivity contribution in [3.8, 4) is 6.07 Å². The lowest BCUT2D eigenvalue weighted by Crippen LogP contribution is -2.08. The zero-order valence-corrected chi connectivity index (χ0v) is 7.28. The van der Waals surface area contributed by atoms with E-state index in [1.807, 2.05) is 6.07 Å². The van der Waals surface area contributed by atoms with Crippen LogP contribution in [0.4, 0.5) is 5.82 Å². The average molecular weight is 178 g/mol. The predicted molar refractivity (Wildman–Crippen MR) is 47.1 cm³/mol. The van der Waals surface area contributed by atoms with Crippen LogP contribution in [-0.2, 0) is 0 Å². The summed E-state index contributed by atoms with van der Waals surface area (Å²) in [6.45, 7) is 2.16. The summed E-state index contributed by atoms with van der Waals surface area (Å²) < 4.78 is 0. The fourth-order valence-corrected chi connectivity index (χ4v) is 0.899. The summed E-state index contributed by atoms with van der Waals surface area (Å²) >= 11 is 0. The van der Waals surface area contributed by atoms with E-state index < -0.39 is 0 Å². The third-order valence-corrected chi connectivity index (χ3v) is 1.37. The maximum Gasteiger partial charge on any atom is 0.146 e. The number of hydrogen-bond acceptors (Lipinski definition) is 5. The highest BCUT2D eigenvalue weighted by atomic mass is 16.3. The minimum Gasteiger partial charge on any atom is -0.395 e. The molecule has 1 aromatic rings. The van der Waals surface area contributed by atoms with Crippen LogP contribution in [0.15, 0.2) is 6.07 Å². The highest BCUT2D eigenvalue weighted by Crippen LogP contribution is 2.04. The first-order valence-corrected chi connectivity index (χ1v) is 3.87. The predicted octanol–water partition coefficient (Wildman–Crippen LogP) is 0.0609. The van der Waals surface area contributed by atoms with Crippen molar-refractivity contribution < 1.29 is 5.11 Å². The van der Waals surface area contributed by atoms with Gasteiger partial charge in [-0.15, -0.1) is 0 Å². The molecule has 0 radical (unpaired) electrons. The Hall–Kier alpha value is -1.67. The molecule has 5 nitrogen and oxygen atoms in total. The number of aliphatic hydroxyl groups excluding tert-OH is 1. The monoisotopic (exact) mass is 178 g/mol. The molecule has 0 saturated heterocycles. The van der Waals surface area contributed by atoms with Gasteiger partial charge in [-0.05, 0) is 6.92 Å². The van der Waals surface area contributed by atoms with Gasteiger partial charge in [-0.1, -0.05) is 0 Å². The van der Waals surface area contributed by atoms with Crippen LogP contribution in [0.2, 0.25) is 0 Å². The molecule has 13 heavy (non-hydrogen) atoms. The molecule has 0 saturated carbocycles. The number of nitrogens with one attached hydrogen (secondary N) is 1. The summed E-state index contributed by atoms with van der Waals surface area (Å²) in [6.07, 6.45) is 0. The summed E-state index contributed by atoms with van der Waals surface area (Å²) in [6, 6.07) is 3.48. The molecule has 0 aliphatic carbocycles. The number of rotatable bonds is 3. The van der Waals surface area contributed by atoms with E-state index in [1.54, 1.807) is 13.0 Å². The van der Waals surface area contributed by atoms with E-state index in [-0.39, 0.29) is 6.61 Å². The third kappa shape index (κ3) is 2.69. The molecule has 1 heterocycles. The maximum atomic E-state index is 8.59. The van der Waals surface area contributed by atoms with Crippen LogP contribution in [0.1, 0.15) is 11.5 Å². The molecular weight excluding hydrogens is 168 g/mol. The second-order valence-corrected chi connectivity index (χ2v) is 2.45. The summed E-state index contributed by atoms with van der Waals surface area (Å²) in [4.78, 5) is 7.92. The number of aromatic nitrogens is 2. The van der Waals surface area contributed by atoms with E-state index in [0.717, 1.165) is 0 Å². The smallest absolute Gasteiger partial charge is 0.146 e. The van der Waals surface area contributed by atoms with Crippen molar-refractivity contribution >= 4 is 5.82 Å². The van der Waals surface area contributed by atoms with E-state index in [2.05, 4.69) is 15.3 Å². The van der Waals surface area contributed by atoms with Gasteiger partial charge in [-0.2, -0.15) is 5.26 Å². The molecule has 0 fully saturated rings.